The second-order valence-corrected chi connectivity index (χ2v) is 7.86. The minimum atomic E-state index is -0.874. The maximum absolute atomic E-state index is 13.3. The number of aryl methyl sites for hydroxylation is 3. The number of likely N-dealkylation sites (N-methyl/N-ethyl adjacent to an activating group) is 1. The summed E-state index contributed by atoms with van der Waals surface area (Å²) in [6.07, 6.45) is 0. The van der Waals surface area contributed by atoms with Crippen LogP contribution in [0.15, 0.2) is 35.3 Å². The Kier molecular flexibility index (Phi) is 4.92. The molecular formula is C21H24N7O3+. The quantitative estimate of drug-likeness (QED) is 0.717. The van der Waals surface area contributed by atoms with Gasteiger partial charge in [-0.3, -0.25) is 19.4 Å². The monoisotopic (exact) mass is 422 g/mol. The molecule has 4 amide bonds. The van der Waals surface area contributed by atoms with Crippen LogP contribution in [0.2, 0.25) is 0 Å². The Morgan fingerprint density at radius 1 is 1.19 bits per heavy atom. The van der Waals surface area contributed by atoms with Crippen molar-refractivity contribution in [3.8, 4) is 0 Å². The van der Waals surface area contributed by atoms with E-state index in [-0.39, 0.29) is 0 Å². The first-order chi connectivity index (χ1) is 14.7. The second kappa shape index (κ2) is 7.46. The molecule has 10 heteroatoms. The van der Waals surface area contributed by atoms with Crippen LogP contribution < -0.4 is 5.73 Å². The zero-order valence-corrected chi connectivity index (χ0v) is 17.9. The lowest BCUT2D eigenvalue weighted by atomic mass is 10.1. The normalized spacial score (nSPS) is 18.6. The SMILES string of the molecule is Cc1cccc(C[N+]2=C(n3nc(C)cc3C)N=C3C2C(=O)N(CC(N)=O)C(=O)N3C)c1. The number of urea groups is 1. The van der Waals surface area contributed by atoms with E-state index >= 15 is 0 Å². The molecule has 10 nitrogen and oxygen atoms in total. The Morgan fingerprint density at radius 2 is 1.94 bits per heavy atom. The zero-order valence-electron chi connectivity index (χ0n) is 17.9. The number of nitrogens with two attached hydrogens (primary N) is 1. The molecular weight excluding hydrogens is 398 g/mol. The van der Waals surface area contributed by atoms with Crippen LogP contribution in [0.3, 0.4) is 0 Å². The van der Waals surface area contributed by atoms with E-state index in [0.717, 1.165) is 27.4 Å². The lowest BCUT2D eigenvalue weighted by Crippen LogP contribution is -2.63. The molecule has 0 aliphatic carbocycles. The van der Waals surface area contributed by atoms with Crippen molar-refractivity contribution in [3.05, 3.63) is 52.8 Å². The van der Waals surface area contributed by atoms with Crippen LogP contribution in [0, 0.1) is 20.8 Å². The number of aromatic nitrogens is 2. The van der Waals surface area contributed by atoms with E-state index in [1.807, 2.05) is 55.7 Å². The summed E-state index contributed by atoms with van der Waals surface area (Å²) < 4.78 is 3.48. The van der Waals surface area contributed by atoms with Gasteiger partial charge in [0.25, 0.3) is 5.91 Å². The Labute approximate surface area is 179 Å². The van der Waals surface area contributed by atoms with Gasteiger partial charge in [-0.2, -0.15) is 0 Å². The van der Waals surface area contributed by atoms with Crippen LogP contribution in [0.25, 0.3) is 0 Å². The van der Waals surface area contributed by atoms with E-state index in [1.165, 1.54) is 11.9 Å². The van der Waals surface area contributed by atoms with Crippen molar-refractivity contribution in [2.24, 2.45) is 10.7 Å². The van der Waals surface area contributed by atoms with Crippen molar-refractivity contribution in [1.29, 1.82) is 0 Å². The molecule has 0 spiro atoms. The topological polar surface area (TPSA) is 117 Å². The summed E-state index contributed by atoms with van der Waals surface area (Å²) in [5.41, 5.74) is 9.00. The second-order valence-electron chi connectivity index (χ2n) is 7.86. The number of fused-ring (bicyclic) bond motifs is 1. The van der Waals surface area contributed by atoms with Gasteiger partial charge >= 0.3 is 12.0 Å². The molecule has 31 heavy (non-hydrogen) atoms. The maximum atomic E-state index is 13.3. The Balaban J connectivity index is 1.86. The summed E-state index contributed by atoms with van der Waals surface area (Å²) >= 11 is 0. The molecule has 1 aromatic heterocycles. The van der Waals surface area contributed by atoms with Gasteiger partial charge in [0.15, 0.2) is 0 Å². The number of amides is 4. The summed E-state index contributed by atoms with van der Waals surface area (Å²) in [6.45, 7) is 5.65. The highest BCUT2D eigenvalue weighted by Crippen LogP contribution is 2.23. The third-order valence-corrected chi connectivity index (χ3v) is 5.34. The average Bonchev–Trinajstić information content (AvgIpc) is 3.23. The van der Waals surface area contributed by atoms with E-state index in [1.54, 1.807) is 4.68 Å². The molecule has 1 aromatic carbocycles. The van der Waals surface area contributed by atoms with Crippen LogP contribution in [-0.2, 0) is 16.1 Å². The lowest BCUT2D eigenvalue weighted by Gasteiger charge is -2.33. The van der Waals surface area contributed by atoms with Gasteiger partial charge in [-0.15, -0.1) is 9.78 Å². The minimum absolute atomic E-state index is 0.297. The number of hydrogen-bond donors (Lipinski definition) is 1. The fourth-order valence-corrected chi connectivity index (χ4v) is 3.98. The van der Waals surface area contributed by atoms with Gasteiger partial charge in [0, 0.05) is 7.05 Å². The van der Waals surface area contributed by atoms with Crippen LogP contribution in [0.5, 0.6) is 0 Å². The Bertz CT molecular complexity index is 1180. The third-order valence-electron chi connectivity index (χ3n) is 5.34. The van der Waals surface area contributed by atoms with Crippen LogP contribution in [0.1, 0.15) is 22.5 Å². The largest absolute Gasteiger partial charge is 0.421 e. The highest BCUT2D eigenvalue weighted by Gasteiger charge is 2.53. The molecule has 2 aromatic rings. The molecule has 2 N–H and O–H groups in total. The highest BCUT2D eigenvalue weighted by atomic mass is 16.2. The molecule has 0 radical (unpaired) electrons. The lowest BCUT2D eigenvalue weighted by molar-refractivity contribution is -0.553. The first kappa shape index (κ1) is 20.5. The fourth-order valence-electron chi connectivity index (χ4n) is 3.98. The molecule has 160 valence electrons. The maximum Gasteiger partial charge on any atom is 0.421 e. The van der Waals surface area contributed by atoms with Crippen LogP contribution in [0.4, 0.5) is 4.79 Å². The van der Waals surface area contributed by atoms with Crippen molar-refractivity contribution in [3.63, 3.8) is 0 Å². The van der Waals surface area contributed by atoms with Gasteiger partial charge in [0.2, 0.25) is 17.8 Å². The third kappa shape index (κ3) is 3.49. The van der Waals surface area contributed by atoms with Gasteiger partial charge in [-0.1, -0.05) is 34.8 Å². The molecule has 4 rings (SSSR count). The number of benzene rings is 1. The molecule has 0 bridgehead atoms. The molecule has 1 unspecified atom stereocenters. The number of nitrogens with zero attached hydrogens (tertiary/aromatic N) is 6. The molecule has 1 fully saturated rings. The van der Waals surface area contributed by atoms with Gasteiger partial charge in [-0.25, -0.2) is 9.37 Å². The molecule has 1 atom stereocenters. The number of hydrogen-bond acceptors (Lipinski definition) is 5. The molecule has 1 saturated heterocycles. The number of carbonyl (C=O) groups excluding carboxylic acids is 3. The summed E-state index contributed by atoms with van der Waals surface area (Å²) in [5, 5.41) is 4.52. The molecule has 2 aliphatic heterocycles. The van der Waals surface area contributed by atoms with Gasteiger partial charge in [-0.05, 0) is 32.4 Å². The number of carbonyl (C=O) groups is 3. The minimum Gasteiger partial charge on any atom is -0.368 e. The number of imide groups is 1. The Hall–Kier alpha value is -3.82. The van der Waals surface area contributed by atoms with E-state index in [4.69, 9.17) is 5.73 Å². The molecule has 2 aliphatic rings. The predicted octanol–water partition coefficient (Wildman–Crippen LogP) is 0.385. The molecule has 3 heterocycles. The summed E-state index contributed by atoms with van der Waals surface area (Å²) in [6, 6.07) is 8.34. The van der Waals surface area contributed by atoms with Crippen molar-refractivity contribution in [2.75, 3.05) is 13.6 Å². The molecule has 0 saturated carbocycles. The van der Waals surface area contributed by atoms with Gasteiger partial charge in [0.1, 0.15) is 12.2 Å². The van der Waals surface area contributed by atoms with E-state index < -0.39 is 30.4 Å². The first-order valence-corrected chi connectivity index (χ1v) is 9.86. The van der Waals surface area contributed by atoms with Gasteiger partial charge in [0.05, 0.1) is 12.2 Å². The predicted molar refractivity (Wildman–Crippen MR) is 113 cm³/mol. The standard InChI is InChI=1S/C21H23N7O3/c1-12-6-5-7-15(8-12)10-26-17-18(23-20(26)28-14(3)9-13(2)24-28)25(4)21(31)27(19(17)30)11-16(22)29/h5-9,17H,10-11H2,1-4H3,(H-,22,29)/p+1. The smallest absolute Gasteiger partial charge is 0.368 e. The van der Waals surface area contributed by atoms with Gasteiger partial charge < -0.3 is 5.73 Å². The van der Waals surface area contributed by atoms with Crippen molar-refractivity contribution >= 4 is 29.6 Å². The number of amidine groups is 1. The zero-order chi connectivity index (χ0) is 22.4. The van der Waals surface area contributed by atoms with Crippen LogP contribution >= 0.6 is 0 Å². The summed E-state index contributed by atoms with van der Waals surface area (Å²) in [7, 11) is 1.53. The Morgan fingerprint density at radius 3 is 2.55 bits per heavy atom. The van der Waals surface area contributed by atoms with Crippen molar-refractivity contribution in [2.45, 2.75) is 33.4 Å². The van der Waals surface area contributed by atoms with Crippen LogP contribution in [-0.4, -0.2) is 73.4 Å². The average molecular weight is 422 g/mol. The summed E-state index contributed by atoms with van der Waals surface area (Å²) in [4.78, 5) is 44.4. The number of rotatable bonds is 4. The van der Waals surface area contributed by atoms with E-state index in [9.17, 15) is 14.4 Å². The number of aliphatic imine (C=N–C) groups is 1. The number of primary amides is 1. The van der Waals surface area contributed by atoms with Crippen molar-refractivity contribution in [1.82, 2.24) is 19.6 Å². The fraction of sp³-hybridized carbons (Fsp3) is 0.333. The first-order valence-electron chi connectivity index (χ1n) is 9.86. The highest BCUT2D eigenvalue weighted by molar-refractivity contribution is 6.23. The van der Waals surface area contributed by atoms with E-state index in [2.05, 4.69) is 10.1 Å². The van der Waals surface area contributed by atoms with E-state index in [0.29, 0.717) is 18.3 Å². The summed E-state index contributed by atoms with van der Waals surface area (Å²) in [5.74, 6) is -0.557. The van der Waals surface area contributed by atoms with Crippen molar-refractivity contribution < 1.29 is 19.0 Å².